The summed E-state index contributed by atoms with van der Waals surface area (Å²) in [6.07, 6.45) is 1.25. The molecule has 1 aromatic carbocycles. The van der Waals surface area contributed by atoms with Crippen LogP contribution in [0.5, 0.6) is 5.75 Å². The van der Waals surface area contributed by atoms with Crippen LogP contribution in [0.15, 0.2) is 35.4 Å². The maximum atomic E-state index is 12.7. The summed E-state index contributed by atoms with van der Waals surface area (Å²) in [7, 11) is 0. The second-order valence-electron chi connectivity index (χ2n) is 5.22. The average molecular weight is 343 g/mol. The Morgan fingerprint density at radius 1 is 1.33 bits per heavy atom. The van der Waals surface area contributed by atoms with Crippen molar-refractivity contribution in [1.29, 1.82) is 0 Å². The predicted octanol–water partition coefficient (Wildman–Crippen LogP) is 1.58. The molecule has 3 aromatic rings. The van der Waals surface area contributed by atoms with Gasteiger partial charge in [0.2, 0.25) is 0 Å². The quantitative estimate of drug-likeness (QED) is 0.702. The van der Waals surface area contributed by atoms with Gasteiger partial charge in [-0.15, -0.1) is 11.3 Å². The normalized spacial score (nSPS) is 10.9. The maximum absolute atomic E-state index is 12.7. The fourth-order valence-electron chi connectivity index (χ4n) is 2.62. The first kappa shape index (κ1) is 16.2. The van der Waals surface area contributed by atoms with Gasteiger partial charge in [-0.3, -0.25) is 9.36 Å². The molecule has 0 fully saturated rings. The summed E-state index contributed by atoms with van der Waals surface area (Å²) in [4.78, 5) is 29.2. The number of benzene rings is 1. The van der Waals surface area contributed by atoms with Crippen molar-refractivity contribution in [3.05, 3.63) is 45.8 Å². The van der Waals surface area contributed by atoms with Crippen LogP contribution in [0.1, 0.15) is 11.8 Å². The Morgan fingerprint density at radius 3 is 2.67 bits per heavy atom. The van der Waals surface area contributed by atoms with Crippen LogP contribution in [0.3, 0.4) is 0 Å². The second-order valence-corrected chi connectivity index (χ2v) is 6.42. The van der Waals surface area contributed by atoms with Gasteiger partial charge in [-0.05, 0) is 31.5 Å². The molecule has 124 valence electrons. The molecule has 0 aliphatic heterocycles. The number of hydrogen-bond donors (Lipinski definition) is 0. The Hall–Kier alpha value is -2.67. The van der Waals surface area contributed by atoms with Crippen LogP contribution in [0.4, 0.5) is 0 Å². The fourth-order valence-corrected chi connectivity index (χ4v) is 3.62. The van der Waals surface area contributed by atoms with Crippen molar-refractivity contribution in [1.82, 2.24) is 9.55 Å². The number of hydrogen-bond acceptors (Lipinski definition) is 6. The highest BCUT2D eigenvalue weighted by molar-refractivity contribution is 7.19. The minimum Gasteiger partial charge on any atom is -0.548 e. The van der Waals surface area contributed by atoms with Gasteiger partial charge in [-0.25, -0.2) is 4.98 Å². The zero-order valence-electron chi connectivity index (χ0n) is 13.2. The summed E-state index contributed by atoms with van der Waals surface area (Å²) in [5.41, 5.74) is 1.27. The van der Waals surface area contributed by atoms with E-state index in [-0.39, 0.29) is 5.56 Å². The Bertz CT molecular complexity index is 957. The maximum Gasteiger partial charge on any atom is 0.263 e. The minimum absolute atomic E-state index is 0.377. The van der Waals surface area contributed by atoms with Crippen LogP contribution < -0.4 is 15.4 Å². The van der Waals surface area contributed by atoms with Crippen molar-refractivity contribution in [2.75, 3.05) is 6.61 Å². The molecule has 0 saturated heterocycles. The van der Waals surface area contributed by atoms with Crippen molar-refractivity contribution in [2.45, 2.75) is 20.4 Å². The fraction of sp³-hybridized carbons (Fsp3) is 0.235. The van der Waals surface area contributed by atoms with Gasteiger partial charge in [0.1, 0.15) is 10.6 Å². The molecule has 0 spiro atoms. The predicted molar refractivity (Wildman–Crippen MR) is 90.2 cm³/mol. The zero-order valence-corrected chi connectivity index (χ0v) is 14.1. The third kappa shape index (κ3) is 2.90. The highest BCUT2D eigenvalue weighted by atomic mass is 32.1. The lowest BCUT2D eigenvalue weighted by atomic mass is 10.0. The molecule has 0 radical (unpaired) electrons. The molecule has 24 heavy (non-hydrogen) atoms. The molecule has 0 amide bonds. The van der Waals surface area contributed by atoms with Gasteiger partial charge in [-0.2, -0.15) is 0 Å². The van der Waals surface area contributed by atoms with Crippen LogP contribution >= 0.6 is 11.3 Å². The average Bonchev–Trinajstić information content (AvgIpc) is 2.88. The number of aliphatic carboxylic acids is 1. The first-order chi connectivity index (χ1) is 11.5. The number of carboxylic acid groups (broad SMARTS) is 1. The lowest BCUT2D eigenvalue weighted by molar-refractivity contribution is -0.306. The summed E-state index contributed by atoms with van der Waals surface area (Å²) in [6, 6.07) is 7.46. The monoisotopic (exact) mass is 343 g/mol. The van der Waals surface area contributed by atoms with Crippen molar-refractivity contribution < 1.29 is 14.6 Å². The Morgan fingerprint density at radius 2 is 2.04 bits per heavy atom. The molecule has 3 rings (SSSR count). The van der Waals surface area contributed by atoms with Crippen LogP contribution in [0, 0.1) is 6.92 Å². The number of carboxylic acids is 1. The van der Waals surface area contributed by atoms with Crippen molar-refractivity contribution in [3.8, 4) is 16.9 Å². The van der Waals surface area contributed by atoms with E-state index in [4.69, 9.17) is 4.74 Å². The van der Waals surface area contributed by atoms with Crippen LogP contribution in [-0.4, -0.2) is 22.1 Å². The SMILES string of the molecule is CCOc1ccc(-c2c(C)sc3ncn(CC(=O)[O-])c(=O)c23)cc1. The van der Waals surface area contributed by atoms with E-state index in [0.29, 0.717) is 16.8 Å². The largest absolute Gasteiger partial charge is 0.548 e. The minimum atomic E-state index is -1.33. The molecule has 6 nitrogen and oxygen atoms in total. The first-order valence-corrected chi connectivity index (χ1v) is 8.24. The van der Waals surface area contributed by atoms with E-state index in [2.05, 4.69) is 4.98 Å². The number of carbonyl (C=O) groups is 1. The first-order valence-electron chi connectivity index (χ1n) is 7.43. The molecule has 0 unspecified atom stereocenters. The third-order valence-corrected chi connectivity index (χ3v) is 4.62. The Labute approximate surface area is 142 Å². The molecule has 0 bridgehead atoms. The highest BCUT2D eigenvalue weighted by Crippen LogP contribution is 2.36. The van der Waals surface area contributed by atoms with E-state index >= 15 is 0 Å². The molecule has 2 heterocycles. The number of thiophene rings is 1. The van der Waals surface area contributed by atoms with Gasteiger partial charge < -0.3 is 14.6 Å². The highest BCUT2D eigenvalue weighted by Gasteiger charge is 2.17. The molecule has 0 aliphatic carbocycles. The van der Waals surface area contributed by atoms with E-state index in [1.165, 1.54) is 17.7 Å². The van der Waals surface area contributed by atoms with E-state index in [9.17, 15) is 14.7 Å². The van der Waals surface area contributed by atoms with E-state index in [0.717, 1.165) is 26.3 Å². The molecular weight excluding hydrogens is 328 g/mol. The van der Waals surface area contributed by atoms with E-state index in [1.54, 1.807) is 0 Å². The summed E-state index contributed by atoms with van der Waals surface area (Å²) >= 11 is 1.41. The number of carbonyl (C=O) groups excluding carboxylic acids is 1. The molecular formula is C17H15N2O4S-. The van der Waals surface area contributed by atoms with Crippen LogP contribution in [-0.2, 0) is 11.3 Å². The number of aryl methyl sites for hydroxylation is 1. The molecule has 0 atom stereocenters. The van der Waals surface area contributed by atoms with Gasteiger partial charge in [0.15, 0.2) is 0 Å². The number of rotatable bonds is 5. The van der Waals surface area contributed by atoms with Gasteiger partial charge in [0, 0.05) is 10.4 Å². The zero-order chi connectivity index (χ0) is 17.3. The van der Waals surface area contributed by atoms with Gasteiger partial charge in [-0.1, -0.05) is 12.1 Å². The van der Waals surface area contributed by atoms with Gasteiger partial charge in [0.05, 0.1) is 30.8 Å². The number of ether oxygens (including phenoxy) is 1. The van der Waals surface area contributed by atoms with Crippen molar-refractivity contribution in [3.63, 3.8) is 0 Å². The molecule has 0 aliphatic rings. The van der Waals surface area contributed by atoms with Gasteiger partial charge >= 0.3 is 0 Å². The smallest absolute Gasteiger partial charge is 0.263 e. The standard InChI is InChI=1S/C17H16N2O4S/c1-3-23-12-6-4-11(5-7-12)14-10(2)24-16-15(14)17(22)19(9-18-16)8-13(20)21/h4-7,9H,3,8H2,1-2H3,(H,20,21)/p-1. The van der Waals surface area contributed by atoms with Gasteiger partial charge in [0.25, 0.3) is 5.56 Å². The number of nitrogens with zero attached hydrogens (tertiary/aromatic N) is 2. The lowest BCUT2D eigenvalue weighted by Crippen LogP contribution is -2.32. The Kier molecular flexibility index (Phi) is 4.35. The summed E-state index contributed by atoms with van der Waals surface area (Å²) in [5.74, 6) is -0.571. The lowest BCUT2D eigenvalue weighted by Gasteiger charge is -2.08. The van der Waals surface area contributed by atoms with Crippen molar-refractivity contribution >= 4 is 27.5 Å². The molecule has 0 saturated carbocycles. The topological polar surface area (TPSA) is 84.2 Å². The summed E-state index contributed by atoms with van der Waals surface area (Å²) in [5, 5.41) is 11.2. The molecule has 7 heteroatoms. The summed E-state index contributed by atoms with van der Waals surface area (Å²) in [6.45, 7) is 3.90. The molecule has 0 N–H and O–H groups in total. The van der Waals surface area contributed by atoms with E-state index in [1.807, 2.05) is 38.1 Å². The number of fused-ring (bicyclic) bond motifs is 1. The van der Waals surface area contributed by atoms with Crippen LogP contribution in [0.2, 0.25) is 0 Å². The second kappa shape index (κ2) is 6.45. The van der Waals surface area contributed by atoms with Crippen molar-refractivity contribution in [2.24, 2.45) is 0 Å². The van der Waals surface area contributed by atoms with Crippen LogP contribution in [0.25, 0.3) is 21.3 Å². The third-order valence-electron chi connectivity index (χ3n) is 3.61. The Balaban J connectivity index is 2.18. The molecule has 2 aromatic heterocycles. The van der Waals surface area contributed by atoms with E-state index < -0.39 is 12.5 Å². The number of aromatic nitrogens is 2. The summed E-state index contributed by atoms with van der Waals surface area (Å²) < 4.78 is 6.49.